The van der Waals surface area contributed by atoms with Crippen molar-refractivity contribution in [2.45, 2.75) is 12.8 Å². The summed E-state index contributed by atoms with van der Waals surface area (Å²) >= 11 is 0. The zero-order valence-electron chi connectivity index (χ0n) is 6.52. The molecule has 1 unspecified atom stereocenters. The van der Waals surface area contributed by atoms with Crippen molar-refractivity contribution >= 4 is 11.8 Å². The van der Waals surface area contributed by atoms with Crippen molar-refractivity contribution in [3.63, 3.8) is 0 Å². The van der Waals surface area contributed by atoms with E-state index >= 15 is 0 Å². The van der Waals surface area contributed by atoms with Gasteiger partial charge in [-0.05, 0) is 6.42 Å². The highest BCUT2D eigenvalue weighted by molar-refractivity contribution is 5.83. The van der Waals surface area contributed by atoms with Gasteiger partial charge in [0.2, 0.25) is 11.8 Å². The van der Waals surface area contributed by atoms with E-state index in [4.69, 9.17) is 0 Å². The third-order valence-corrected chi connectivity index (χ3v) is 1.88. The van der Waals surface area contributed by atoms with Gasteiger partial charge in [-0.3, -0.25) is 9.59 Å². The number of nitrogens with one attached hydrogen (secondary N) is 2. The van der Waals surface area contributed by atoms with Crippen molar-refractivity contribution in [2.24, 2.45) is 5.92 Å². The molecular weight excluding hydrogens is 144 g/mol. The Morgan fingerprint density at radius 2 is 2.45 bits per heavy atom. The van der Waals surface area contributed by atoms with Gasteiger partial charge >= 0.3 is 0 Å². The molecule has 1 fully saturated rings. The minimum Gasteiger partial charge on any atom is -0.359 e. The van der Waals surface area contributed by atoms with E-state index in [0.29, 0.717) is 19.4 Å². The van der Waals surface area contributed by atoms with Crippen LogP contribution in [0.15, 0.2) is 0 Å². The van der Waals surface area contributed by atoms with Crippen LogP contribution in [0.1, 0.15) is 12.8 Å². The Morgan fingerprint density at radius 1 is 1.73 bits per heavy atom. The molecule has 0 aromatic heterocycles. The van der Waals surface area contributed by atoms with Gasteiger partial charge in [0, 0.05) is 20.0 Å². The number of carbonyl (C=O) groups excluding carboxylic acids is 2. The number of amides is 2. The molecule has 62 valence electrons. The van der Waals surface area contributed by atoms with Gasteiger partial charge in [-0.25, -0.2) is 0 Å². The lowest BCUT2D eigenvalue weighted by molar-refractivity contribution is -0.128. The summed E-state index contributed by atoms with van der Waals surface area (Å²) in [6.45, 7) is 0.485. The molecule has 0 saturated carbocycles. The first kappa shape index (κ1) is 8.04. The van der Waals surface area contributed by atoms with Crippen LogP contribution in [0.3, 0.4) is 0 Å². The van der Waals surface area contributed by atoms with Crippen molar-refractivity contribution in [2.75, 3.05) is 13.6 Å². The molecule has 0 aliphatic carbocycles. The van der Waals surface area contributed by atoms with E-state index in [1.54, 1.807) is 7.05 Å². The van der Waals surface area contributed by atoms with E-state index in [2.05, 4.69) is 10.6 Å². The lowest BCUT2D eigenvalue weighted by Gasteiger charge is -2.20. The Bertz CT molecular complexity index is 169. The van der Waals surface area contributed by atoms with E-state index in [-0.39, 0.29) is 17.7 Å². The number of rotatable bonds is 1. The molecule has 0 spiro atoms. The fourth-order valence-corrected chi connectivity index (χ4v) is 1.16. The minimum absolute atomic E-state index is 0.0185. The highest BCUT2D eigenvalue weighted by atomic mass is 16.2. The normalized spacial score (nSPS) is 24.1. The average Bonchev–Trinajstić information content (AvgIpc) is 2.05. The number of carbonyl (C=O) groups is 2. The van der Waals surface area contributed by atoms with Crippen LogP contribution in [0.5, 0.6) is 0 Å². The van der Waals surface area contributed by atoms with Gasteiger partial charge in [0.25, 0.3) is 0 Å². The smallest absolute Gasteiger partial charge is 0.224 e. The minimum atomic E-state index is -0.0299. The van der Waals surface area contributed by atoms with E-state index in [1.165, 1.54) is 0 Å². The summed E-state index contributed by atoms with van der Waals surface area (Å²) in [6.07, 6.45) is 1.14. The largest absolute Gasteiger partial charge is 0.359 e. The Morgan fingerprint density at radius 3 is 2.91 bits per heavy atom. The standard InChI is InChI=1S/C7H12N2O2/c1-8-7(11)5-2-3-6(10)9-4-5/h5H,2-4H2,1H3,(H,8,11)(H,9,10). The van der Waals surface area contributed by atoms with Crippen molar-refractivity contribution in [3.05, 3.63) is 0 Å². The predicted molar refractivity (Wildman–Crippen MR) is 39.8 cm³/mol. The molecule has 1 aliphatic heterocycles. The van der Waals surface area contributed by atoms with Gasteiger partial charge in [0.15, 0.2) is 0 Å². The maximum atomic E-state index is 11.0. The Labute approximate surface area is 65.3 Å². The second-order valence-electron chi connectivity index (χ2n) is 2.65. The van der Waals surface area contributed by atoms with Crippen LogP contribution in [0.2, 0.25) is 0 Å². The van der Waals surface area contributed by atoms with Gasteiger partial charge in [-0.15, -0.1) is 0 Å². The van der Waals surface area contributed by atoms with Crippen LogP contribution in [-0.4, -0.2) is 25.4 Å². The molecule has 1 saturated heterocycles. The third-order valence-electron chi connectivity index (χ3n) is 1.88. The van der Waals surface area contributed by atoms with Gasteiger partial charge in [0.05, 0.1) is 5.92 Å². The molecule has 0 bridgehead atoms. The molecule has 4 nitrogen and oxygen atoms in total. The Balaban J connectivity index is 2.39. The van der Waals surface area contributed by atoms with E-state index in [9.17, 15) is 9.59 Å². The van der Waals surface area contributed by atoms with Crippen molar-refractivity contribution in [1.82, 2.24) is 10.6 Å². The van der Waals surface area contributed by atoms with E-state index in [1.807, 2.05) is 0 Å². The first-order chi connectivity index (χ1) is 5.24. The monoisotopic (exact) mass is 156 g/mol. The zero-order chi connectivity index (χ0) is 8.27. The second-order valence-corrected chi connectivity index (χ2v) is 2.65. The summed E-state index contributed by atoms with van der Waals surface area (Å²) in [5, 5.41) is 5.21. The molecule has 1 rings (SSSR count). The van der Waals surface area contributed by atoms with Crippen LogP contribution in [0.25, 0.3) is 0 Å². The summed E-state index contributed by atoms with van der Waals surface area (Å²) in [6, 6.07) is 0. The van der Waals surface area contributed by atoms with Gasteiger partial charge in [-0.2, -0.15) is 0 Å². The molecular formula is C7H12N2O2. The van der Waals surface area contributed by atoms with Crippen molar-refractivity contribution in [3.8, 4) is 0 Å². The highest BCUT2D eigenvalue weighted by Gasteiger charge is 2.22. The SMILES string of the molecule is CNC(=O)C1CCC(=O)NC1. The molecule has 2 amide bonds. The lowest BCUT2D eigenvalue weighted by atomic mass is 9.98. The van der Waals surface area contributed by atoms with Gasteiger partial charge in [0.1, 0.15) is 0 Å². The van der Waals surface area contributed by atoms with Crippen LogP contribution < -0.4 is 10.6 Å². The Kier molecular flexibility index (Phi) is 2.46. The molecule has 0 aromatic carbocycles. The summed E-state index contributed by atoms with van der Waals surface area (Å²) in [5.74, 6) is 0.0350. The summed E-state index contributed by atoms with van der Waals surface area (Å²) < 4.78 is 0. The number of hydrogen-bond acceptors (Lipinski definition) is 2. The quantitative estimate of drug-likeness (QED) is 0.525. The average molecular weight is 156 g/mol. The highest BCUT2D eigenvalue weighted by Crippen LogP contribution is 2.09. The van der Waals surface area contributed by atoms with Crippen molar-refractivity contribution in [1.29, 1.82) is 0 Å². The molecule has 11 heavy (non-hydrogen) atoms. The van der Waals surface area contributed by atoms with E-state index in [0.717, 1.165) is 0 Å². The topological polar surface area (TPSA) is 58.2 Å². The second kappa shape index (κ2) is 3.37. The van der Waals surface area contributed by atoms with Crippen molar-refractivity contribution < 1.29 is 9.59 Å². The number of hydrogen-bond donors (Lipinski definition) is 2. The molecule has 0 aromatic rings. The third kappa shape index (κ3) is 1.93. The fourth-order valence-electron chi connectivity index (χ4n) is 1.16. The van der Waals surface area contributed by atoms with Crippen LogP contribution in [0, 0.1) is 5.92 Å². The van der Waals surface area contributed by atoms with E-state index < -0.39 is 0 Å². The van der Waals surface area contributed by atoms with Crippen LogP contribution >= 0.6 is 0 Å². The Hall–Kier alpha value is -1.06. The van der Waals surface area contributed by atoms with Crippen LogP contribution in [-0.2, 0) is 9.59 Å². The lowest BCUT2D eigenvalue weighted by Crippen LogP contribution is -2.41. The molecule has 2 N–H and O–H groups in total. The maximum absolute atomic E-state index is 11.0. The van der Waals surface area contributed by atoms with Gasteiger partial charge in [-0.1, -0.05) is 0 Å². The molecule has 1 heterocycles. The first-order valence-electron chi connectivity index (χ1n) is 3.72. The fraction of sp³-hybridized carbons (Fsp3) is 0.714. The van der Waals surface area contributed by atoms with Gasteiger partial charge < -0.3 is 10.6 Å². The molecule has 1 aliphatic rings. The summed E-state index contributed by atoms with van der Waals surface area (Å²) in [7, 11) is 1.61. The zero-order valence-corrected chi connectivity index (χ0v) is 6.52. The predicted octanol–water partition coefficient (Wildman–Crippen LogP) is -0.741. The number of piperidine rings is 1. The maximum Gasteiger partial charge on any atom is 0.224 e. The summed E-state index contributed by atoms with van der Waals surface area (Å²) in [4.78, 5) is 21.7. The van der Waals surface area contributed by atoms with Crippen LogP contribution in [0.4, 0.5) is 0 Å². The molecule has 1 atom stereocenters. The molecule has 0 radical (unpaired) electrons. The molecule has 4 heteroatoms. The summed E-state index contributed by atoms with van der Waals surface area (Å²) in [5.41, 5.74) is 0. The first-order valence-corrected chi connectivity index (χ1v) is 3.72.